The number of aromatic nitrogens is 5. The molecule has 3 heterocycles. The van der Waals surface area contributed by atoms with E-state index in [9.17, 15) is 0 Å². The van der Waals surface area contributed by atoms with Crippen molar-refractivity contribution in [1.29, 1.82) is 0 Å². The molecule has 0 saturated heterocycles. The number of nitrogens with zero attached hydrogens (tertiary/aromatic N) is 5. The third kappa shape index (κ3) is 5.32. The molecule has 3 aromatic heterocycles. The maximum Gasteiger partial charge on any atom is 0.164 e. The van der Waals surface area contributed by atoms with Gasteiger partial charge in [-0.2, -0.15) is 0 Å². The molecule has 0 spiro atoms. The van der Waals surface area contributed by atoms with Crippen LogP contribution in [0.2, 0.25) is 0 Å². The first-order valence-corrected chi connectivity index (χ1v) is 21.0. The highest BCUT2D eigenvalue weighted by atomic mass is 15.0. The van der Waals surface area contributed by atoms with Crippen LogP contribution in [0.5, 0.6) is 0 Å². The molecule has 0 unspecified atom stereocenters. The van der Waals surface area contributed by atoms with Crippen molar-refractivity contribution in [2.24, 2.45) is 0 Å². The first-order chi connectivity index (χ1) is 30.7. The Hall–Kier alpha value is -8.41. The minimum absolute atomic E-state index is 0.640. The van der Waals surface area contributed by atoms with Crippen molar-refractivity contribution < 1.29 is 0 Å². The molecule has 5 heteroatoms. The Morgan fingerprint density at radius 3 is 1.47 bits per heavy atom. The summed E-state index contributed by atoms with van der Waals surface area (Å²) >= 11 is 0. The van der Waals surface area contributed by atoms with Gasteiger partial charge in [-0.15, -0.1) is 0 Å². The SMILES string of the molecule is c1ccc(-c2nc(-c3ccc4ccccc4c3)nc(-c3ccc4cc(-n5c6ccc7ccccc7c6c6c7c8ccccc8n(-c8ccccc8)c7ccc65)ccc4c3)n2)cc1. The van der Waals surface area contributed by atoms with Crippen LogP contribution < -0.4 is 0 Å². The summed E-state index contributed by atoms with van der Waals surface area (Å²) in [4.78, 5) is 15.2. The highest BCUT2D eigenvalue weighted by Crippen LogP contribution is 2.45. The Morgan fingerprint density at radius 2 is 0.726 bits per heavy atom. The predicted molar refractivity (Wildman–Crippen MR) is 257 cm³/mol. The van der Waals surface area contributed by atoms with Gasteiger partial charge in [0, 0.05) is 49.6 Å². The molecular formula is C57H35N5. The fourth-order valence-electron chi connectivity index (χ4n) is 9.65. The van der Waals surface area contributed by atoms with Crippen LogP contribution in [0.3, 0.4) is 0 Å². The zero-order chi connectivity index (χ0) is 40.7. The van der Waals surface area contributed by atoms with E-state index in [4.69, 9.17) is 15.0 Å². The number of hydrogen-bond donors (Lipinski definition) is 0. The Morgan fingerprint density at radius 1 is 0.258 bits per heavy atom. The van der Waals surface area contributed by atoms with Gasteiger partial charge in [0.1, 0.15) is 0 Å². The minimum atomic E-state index is 0.640. The monoisotopic (exact) mass is 789 g/mol. The van der Waals surface area contributed by atoms with Crippen molar-refractivity contribution in [1.82, 2.24) is 24.1 Å². The second-order valence-electron chi connectivity index (χ2n) is 16.0. The largest absolute Gasteiger partial charge is 0.309 e. The Labute approximate surface area is 356 Å². The molecule has 0 amide bonds. The molecule has 0 N–H and O–H groups in total. The summed E-state index contributed by atoms with van der Waals surface area (Å²) in [6, 6.07) is 75.8. The van der Waals surface area contributed by atoms with Crippen molar-refractivity contribution in [2.75, 3.05) is 0 Å². The average Bonchev–Trinajstić information content (AvgIpc) is 3.87. The number of rotatable bonds is 5. The molecule has 13 aromatic rings. The van der Waals surface area contributed by atoms with E-state index in [0.29, 0.717) is 17.5 Å². The molecule has 0 aliphatic carbocycles. The standard InChI is InChI=1S/C57H35N5/c1-3-15-38(16-4-1)55-58-56(42-25-23-36-13-7-8-17-39(36)33-42)60-57(59-55)43-26-24-41-35-45(29-27-40(41)34-43)62-49-30-28-37-14-9-10-20-46(37)52(49)54-51(62)32-31-50-53(54)47-21-11-12-22-48(47)61(50)44-18-5-2-6-19-44/h1-35H. The number of hydrogen-bond acceptors (Lipinski definition) is 3. The number of para-hydroxylation sites is 2. The van der Waals surface area contributed by atoms with Crippen molar-refractivity contribution in [2.45, 2.75) is 0 Å². The minimum Gasteiger partial charge on any atom is -0.309 e. The van der Waals surface area contributed by atoms with Gasteiger partial charge >= 0.3 is 0 Å². The van der Waals surface area contributed by atoms with E-state index < -0.39 is 0 Å². The molecule has 10 aromatic carbocycles. The van der Waals surface area contributed by atoms with Gasteiger partial charge < -0.3 is 9.13 Å². The summed E-state index contributed by atoms with van der Waals surface area (Å²) in [5, 5.41) is 12.1. The van der Waals surface area contributed by atoms with E-state index in [1.54, 1.807) is 0 Å². The summed E-state index contributed by atoms with van der Waals surface area (Å²) in [7, 11) is 0. The normalized spacial score (nSPS) is 11.9. The van der Waals surface area contributed by atoms with Crippen molar-refractivity contribution in [3.63, 3.8) is 0 Å². The molecule has 0 saturated carbocycles. The molecule has 0 aliphatic rings. The molecule has 288 valence electrons. The highest BCUT2D eigenvalue weighted by molar-refractivity contribution is 6.33. The number of benzene rings is 10. The summed E-state index contributed by atoms with van der Waals surface area (Å²) in [6.07, 6.45) is 0. The van der Waals surface area contributed by atoms with E-state index in [0.717, 1.165) is 44.2 Å². The van der Waals surface area contributed by atoms with E-state index >= 15 is 0 Å². The van der Waals surface area contributed by atoms with Crippen LogP contribution in [-0.4, -0.2) is 24.1 Å². The van der Waals surface area contributed by atoms with E-state index in [1.165, 1.54) is 59.8 Å². The lowest BCUT2D eigenvalue weighted by Gasteiger charge is -2.12. The third-order valence-corrected chi connectivity index (χ3v) is 12.5. The van der Waals surface area contributed by atoms with Gasteiger partial charge in [-0.1, -0.05) is 152 Å². The van der Waals surface area contributed by atoms with Gasteiger partial charge in [-0.25, -0.2) is 15.0 Å². The van der Waals surface area contributed by atoms with Crippen LogP contribution in [0.25, 0.3) is 121 Å². The summed E-state index contributed by atoms with van der Waals surface area (Å²) < 4.78 is 4.86. The zero-order valence-electron chi connectivity index (χ0n) is 33.4. The van der Waals surface area contributed by atoms with Gasteiger partial charge in [0.05, 0.1) is 22.1 Å². The van der Waals surface area contributed by atoms with Crippen LogP contribution in [0.4, 0.5) is 0 Å². The summed E-state index contributed by atoms with van der Waals surface area (Å²) in [5.74, 6) is 1.94. The molecule has 13 rings (SSSR count). The Kier molecular flexibility index (Phi) is 7.54. The highest BCUT2D eigenvalue weighted by Gasteiger charge is 2.22. The fourth-order valence-corrected chi connectivity index (χ4v) is 9.65. The maximum atomic E-state index is 5.10. The third-order valence-electron chi connectivity index (χ3n) is 12.5. The molecule has 0 fully saturated rings. The van der Waals surface area contributed by atoms with Gasteiger partial charge in [-0.3, -0.25) is 0 Å². The van der Waals surface area contributed by atoms with Gasteiger partial charge in [0.15, 0.2) is 17.5 Å². The lowest BCUT2D eigenvalue weighted by atomic mass is 10.0. The summed E-state index contributed by atoms with van der Waals surface area (Å²) in [5.41, 5.74) is 9.85. The van der Waals surface area contributed by atoms with E-state index in [2.05, 4.69) is 203 Å². The zero-order valence-corrected chi connectivity index (χ0v) is 33.4. The first kappa shape index (κ1) is 34.5. The molecule has 5 nitrogen and oxygen atoms in total. The molecule has 62 heavy (non-hydrogen) atoms. The summed E-state index contributed by atoms with van der Waals surface area (Å²) in [6.45, 7) is 0. The molecule has 0 atom stereocenters. The molecular weight excluding hydrogens is 755 g/mol. The van der Waals surface area contributed by atoms with Crippen LogP contribution in [-0.2, 0) is 0 Å². The van der Waals surface area contributed by atoms with Crippen LogP contribution >= 0.6 is 0 Å². The van der Waals surface area contributed by atoms with Crippen LogP contribution in [0, 0.1) is 0 Å². The first-order valence-electron chi connectivity index (χ1n) is 21.0. The van der Waals surface area contributed by atoms with Crippen molar-refractivity contribution >= 4 is 75.9 Å². The quantitative estimate of drug-likeness (QED) is 0.174. The Balaban J connectivity index is 1.00. The predicted octanol–water partition coefficient (Wildman–Crippen LogP) is 14.5. The van der Waals surface area contributed by atoms with Crippen molar-refractivity contribution in [3.8, 4) is 45.5 Å². The topological polar surface area (TPSA) is 48.5 Å². The van der Waals surface area contributed by atoms with E-state index in [-0.39, 0.29) is 0 Å². The number of fused-ring (bicyclic) bond motifs is 11. The van der Waals surface area contributed by atoms with Crippen molar-refractivity contribution in [3.05, 3.63) is 212 Å². The average molecular weight is 790 g/mol. The molecule has 0 bridgehead atoms. The lowest BCUT2D eigenvalue weighted by Crippen LogP contribution is -2.00. The van der Waals surface area contributed by atoms with E-state index in [1.807, 2.05) is 18.2 Å². The van der Waals surface area contributed by atoms with Gasteiger partial charge in [-0.05, 0) is 93.0 Å². The second-order valence-corrected chi connectivity index (χ2v) is 16.0. The van der Waals surface area contributed by atoms with Crippen LogP contribution in [0.15, 0.2) is 212 Å². The van der Waals surface area contributed by atoms with Gasteiger partial charge in [0.25, 0.3) is 0 Å². The molecule has 0 radical (unpaired) electrons. The second kappa shape index (κ2) is 13.6. The molecule has 0 aliphatic heterocycles. The lowest BCUT2D eigenvalue weighted by molar-refractivity contribution is 1.07. The fraction of sp³-hybridized carbons (Fsp3) is 0. The maximum absolute atomic E-state index is 5.10. The van der Waals surface area contributed by atoms with Crippen LogP contribution in [0.1, 0.15) is 0 Å². The Bertz CT molecular complexity index is 3920. The van der Waals surface area contributed by atoms with Gasteiger partial charge in [0.2, 0.25) is 0 Å². The smallest absolute Gasteiger partial charge is 0.164 e.